The molecule has 0 aliphatic heterocycles. The summed E-state index contributed by atoms with van der Waals surface area (Å²) in [5, 5.41) is 17.2. The lowest BCUT2D eigenvalue weighted by Crippen LogP contribution is -2.29. The maximum absolute atomic E-state index is 12.0. The lowest BCUT2D eigenvalue weighted by Gasteiger charge is -2.09. The Labute approximate surface area is 125 Å². The number of hydrogen-bond donors (Lipinski definition) is 1. The zero-order valence-corrected chi connectivity index (χ0v) is 12.1. The summed E-state index contributed by atoms with van der Waals surface area (Å²) in [6, 6.07) is 7.04. The molecule has 1 aromatic heterocycles. The number of aryl methyl sites for hydroxylation is 2. The average Bonchev–Trinajstić information content (AvgIpc) is 2.45. The Morgan fingerprint density at radius 3 is 2.68 bits per heavy atom. The van der Waals surface area contributed by atoms with Crippen molar-refractivity contribution in [1.29, 1.82) is 0 Å². The van der Waals surface area contributed by atoms with Gasteiger partial charge in [-0.25, -0.2) is 4.68 Å². The number of nitrogens with one attached hydrogen (secondary N) is 1. The van der Waals surface area contributed by atoms with Crippen LogP contribution in [-0.4, -0.2) is 20.6 Å². The van der Waals surface area contributed by atoms with Crippen molar-refractivity contribution in [2.75, 3.05) is 5.32 Å². The Hall–Kier alpha value is -3.03. The van der Waals surface area contributed by atoms with Gasteiger partial charge in [-0.2, -0.15) is 5.10 Å². The molecule has 1 amide bonds. The van der Waals surface area contributed by atoms with E-state index in [2.05, 4.69) is 10.4 Å². The first-order valence-electron chi connectivity index (χ1n) is 6.46. The van der Waals surface area contributed by atoms with Crippen LogP contribution in [0.5, 0.6) is 0 Å². The number of benzene rings is 1. The molecule has 0 unspecified atom stereocenters. The van der Waals surface area contributed by atoms with E-state index in [4.69, 9.17) is 0 Å². The van der Waals surface area contributed by atoms with E-state index in [9.17, 15) is 19.7 Å². The van der Waals surface area contributed by atoms with Crippen LogP contribution in [0.25, 0.3) is 0 Å². The van der Waals surface area contributed by atoms with Crippen molar-refractivity contribution in [3.63, 3.8) is 0 Å². The summed E-state index contributed by atoms with van der Waals surface area (Å²) in [6.45, 7) is 3.14. The second kappa shape index (κ2) is 6.17. The van der Waals surface area contributed by atoms with Gasteiger partial charge in [-0.1, -0.05) is 0 Å². The molecule has 2 rings (SSSR count). The van der Waals surface area contributed by atoms with E-state index in [-0.39, 0.29) is 17.8 Å². The molecule has 8 nitrogen and oxygen atoms in total. The van der Waals surface area contributed by atoms with Crippen molar-refractivity contribution in [3.8, 4) is 0 Å². The first kappa shape index (κ1) is 15.4. The largest absolute Gasteiger partial charge is 0.324 e. The highest BCUT2D eigenvalue weighted by atomic mass is 16.6. The topological polar surface area (TPSA) is 107 Å². The monoisotopic (exact) mass is 302 g/mol. The Bertz CT molecular complexity index is 798. The average molecular weight is 302 g/mol. The number of nitrogens with zero attached hydrogens (tertiary/aromatic N) is 3. The van der Waals surface area contributed by atoms with E-state index in [0.717, 1.165) is 4.68 Å². The van der Waals surface area contributed by atoms with Crippen LogP contribution in [0.15, 0.2) is 35.1 Å². The standard InChI is InChI=1S/C14H14N4O4/c1-9-7-11(18(21)22)4-5-12(9)15-13(19)8-17-14(20)6-3-10(2)16-17/h3-7H,8H2,1-2H3,(H,15,19). The Kier molecular flexibility index (Phi) is 4.31. The first-order valence-corrected chi connectivity index (χ1v) is 6.46. The lowest BCUT2D eigenvalue weighted by atomic mass is 10.2. The third kappa shape index (κ3) is 3.54. The summed E-state index contributed by atoms with van der Waals surface area (Å²) in [7, 11) is 0. The van der Waals surface area contributed by atoms with Gasteiger partial charge in [0.15, 0.2) is 0 Å². The molecular formula is C14H14N4O4. The predicted octanol–water partition coefficient (Wildman–Crippen LogP) is 1.41. The molecule has 114 valence electrons. The third-order valence-corrected chi connectivity index (χ3v) is 2.99. The van der Waals surface area contributed by atoms with Gasteiger partial charge >= 0.3 is 0 Å². The van der Waals surface area contributed by atoms with Crippen molar-refractivity contribution < 1.29 is 9.72 Å². The number of nitro benzene ring substituents is 1. The van der Waals surface area contributed by atoms with E-state index in [1.807, 2.05) is 0 Å². The molecule has 8 heteroatoms. The van der Waals surface area contributed by atoms with Gasteiger partial charge in [0.25, 0.3) is 11.2 Å². The van der Waals surface area contributed by atoms with Crippen molar-refractivity contribution in [2.45, 2.75) is 20.4 Å². The number of anilines is 1. The van der Waals surface area contributed by atoms with E-state index < -0.39 is 10.8 Å². The molecule has 0 aliphatic carbocycles. The summed E-state index contributed by atoms with van der Waals surface area (Å²) < 4.78 is 1.06. The molecule has 1 heterocycles. The molecule has 0 fully saturated rings. The summed E-state index contributed by atoms with van der Waals surface area (Å²) >= 11 is 0. The van der Waals surface area contributed by atoms with Crippen LogP contribution in [0, 0.1) is 24.0 Å². The molecule has 2 aromatic rings. The lowest BCUT2D eigenvalue weighted by molar-refractivity contribution is -0.384. The van der Waals surface area contributed by atoms with Crippen molar-refractivity contribution in [3.05, 3.63) is 62.1 Å². The summed E-state index contributed by atoms with van der Waals surface area (Å²) in [4.78, 5) is 33.7. The summed E-state index contributed by atoms with van der Waals surface area (Å²) in [6.07, 6.45) is 0. The van der Waals surface area contributed by atoms with Crippen LogP contribution in [0.1, 0.15) is 11.3 Å². The number of rotatable bonds is 4. The van der Waals surface area contributed by atoms with Crippen LogP contribution < -0.4 is 10.9 Å². The zero-order chi connectivity index (χ0) is 16.3. The Morgan fingerprint density at radius 1 is 1.32 bits per heavy atom. The number of non-ortho nitro benzene ring substituents is 1. The molecule has 0 aliphatic rings. The van der Waals surface area contributed by atoms with Gasteiger partial charge in [0.05, 0.1) is 10.6 Å². The van der Waals surface area contributed by atoms with E-state index in [1.54, 1.807) is 19.9 Å². The number of hydrogen-bond acceptors (Lipinski definition) is 5. The molecule has 0 bridgehead atoms. The van der Waals surface area contributed by atoms with Crippen LogP contribution in [-0.2, 0) is 11.3 Å². The molecule has 0 saturated carbocycles. The molecule has 22 heavy (non-hydrogen) atoms. The molecule has 1 N–H and O–H groups in total. The number of carbonyl (C=O) groups is 1. The van der Waals surface area contributed by atoms with Gasteiger partial charge in [0.1, 0.15) is 6.54 Å². The van der Waals surface area contributed by atoms with E-state index >= 15 is 0 Å². The van der Waals surface area contributed by atoms with Crippen LogP contribution in [0.2, 0.25) is 0 Å². The number of nitro groups is 1. The normalized spacial score (nSPS) is 10.3. The first-order chi connectivity index (χ1) is 10.4. The maximum atomic E-state index is 12.0. The summed E-state index contributed by atoms with van der Waals surface area (Å²) in [5.74, 6) is -0.433. The predicted molar refractivity (Wildman–Crippen MR) is 79.7 cm³/mol. The van der Waals surface area contributed by atoms with E-state index in [0.29, 0.717) is 16.9 Å². The molecule has 0 spiro atoms. The Balaban J connectivity index is 2.14. The van der Waals surface area contributed by atoms with Gasteiger partial charge in [-0.15, -0.1) is 0 Å². The van der Waals surface area contributed by atoms with Crippen LogP contribution in [0.3, 0.4) is 0 Å². The Morgan fingerprint density at radius 2 is 2.05 bits per heavy atom. The fraction of sp³-hybridized carbons (Fsp3) is 0.214. The highest BCUT2D eigenvalue weighted by molar-refractivity contribution is 5.91. The third-order valence-electron chi connectivity index (χ3n) is 2.99. The van der Waals surface area contributed by atoms with Gasteiger partial charge in [0.2, 0.25) is 5.91 Å². The smallest absolute Gasteiger partial charge is 0.269 e. The zero-order valence-electron chi connectivity index (χ0n) is 12.1. The molecule has 0 saturated heterocycles. The van der Waals surface area contributed by atoms with Crippen LogP contribution >= 0.6 is 0 Å². The van der Waals surface area contributed by atoms with Crippen LogP contribution in [0.4, 0.5) is 11.4 Å². The molecule has 0 atom stereocenters. The molecule has 1 aromatic carbocycles. The SMILES string of the molecule is Cc1ccc(=O)n(CC(=O)Nc2ccc([N+](=O)[O-])cc2C)n1. The molecule has 0 radical (unpaired) electrons. The van der Waals surface area contributed by atoms with Gasteiger partial charge in [0, 0.05) is 23.9 Å². The van der Waals surface area contributed by atoms with Crippen molar-refractivity contribution in [1.82, 2.24) is 9.78 Å². The minimum absolute atomic E-state index is 0.0490. The van der Waals surface area contributed by atoms with Crippen molar-refractivity contribution >= 4 is 17.3 Å². The highest BCUT2D eigenvalue weighted by Gasteiger charge is 2.11. The van der Waals surface area contributed by atoms with Gasteiger partial charge in [-0.05, 0) is 31.5 Å². The van der Waals surface area contributed by atoms with Gasteiger partial charge < -0.3 is 5.32 Å². The fourth-order valence-corrected chi connectivity index (χ4v) is 1.89. The highest BCUT2D eigenvalue weighted by Crippen LogP contribution is 2.21. The number of amides is 1. The fourth-order valence-electron chi connectivity index (χ4n) is 1.89. The van der Waals surface area contributed by atoms with Crippen molar-refractivity contribution in [2.24, 2.45) is 0 Å². The molecular weight excluding hydrogens is 288 g/mol. The number of aromatic nitrogens is 2. The minimum Gasteiger partial charge on any atom is -0.324 e. The number of carbonyl (C=O) groups excluding carboxylic acids is 1. The maximum Gasteiger partial charge on any atom is 0.269 e. The minimum atomic E-state index is -0.505. The second-order valence-corrected chi connectivity index (χ2v) is 4.78. The summed E-state index contributed by atoms with van der Waals surface area (Å²) in [5.41, 5.74) is 1.22. The van der Waals surface area contributed by atoms with Gasteiger partial charge in [-0.3, -0.25) is 19.7 Å². The second-order valence-electron chi connectivity index (χ2n) is 4.78. The van der Waals surface area contributed by atoms with E-state index in [1.165, 1.54) is 24.3 Å². The quantitative estimate of drug-likeness (QED) is 0.678.